The predicted octanol–water partition coefficient (Wildman–Crippen LogP) is 2.77. The molecule has 0 aliphatic heterocycles. The molecule has 112 valence electrons. The van der Waals surface area contributed by atoms with Crippen LogP contribution in [0.15, 0.2) is 48.8 Å². The topological polar surface area (TPSA) is 68.5 Å². The third kappa shape index (κ3) is 2.90. The number of rotatable bonds is 4. The van der Waals surface area contributed by atoms with Gasteiger partial charge in [0.15, 0.2) is 5.65 Å². The largest absolute Gasteiger partial charge is 0.491 e. The van der Waals surface area contributed by atoms with Crippen LogP contribution in [0.3, 0.4) is 0 Å². The Bertz CT molecular complexity index is 793. The number of fused-ring (bicyclic) bond motifs is 1. The van der Waals surface area contributed by atoms with Gasteiger partial charge in [-0.3, -0.25) is 4.79 Å². The summed E-state index contributed by atoms with van der Waals surface area (Å²) < 4.78 is 7.08. The highest BCUT2D eigenvalue weighted by Gasteiger charge is 2.11. The van der Waals surface area contributed by atoms with E-state index in [1.54, 1.807) is 36.7 Å². The van der Waals surface area contributed by atoms with Gasteiger partial charge >= 0.3 is 0 Å². The lowest BCUT2D eigenvalue weighted by molar-refractivity contribution is 0.102. The van der Waals surface area contributed by atoms with Gasteiger partial charge in [-0.15, -0.1) is 0 Å². The van der Waals surface area contributed by atoms with Crippen molar-refractivity contribution in [1.82, 2.24) is 14.6 Å². The van der Waals surface area contributed by atoms with Crippen molar-refractivity contribution in [3.05, 3.63) is 54.5 Å². The summed E-state index contributed by atoms with van der Waals surface area (Å²) >= 11 is 0. The van der Waals surface area contributed by atoms with Gasteiger partial charge in [0, 0.05) is 18.0 Å². The van der Waals surface area contributed by atoms with Crippen molar-refractivity contribution < 1.29 is 9.53 Å². The summed E-state index contributed by atoms with van der Waals surface area (Å²) in [4.78, 5) is 16.5. The number of aromatic nitrogens is 3. The van der Waals surface area contributed by atoms with Gasteiger partial charge in [0.25, 0.3) is 5.91 Å². The highest BCUT2D eigenvalue weighted by atomic mass is 16.5. The van der Waals surface area contributed by atoms with Crippen LogP contribution in [0.5, 0.6) is 5.75 Å². The number of nitrogens with one attached hydrogen (secondary N) is 1. The van der Waals surface area contributed by atoms with Crippen molar-refractivity contribution in [2.75, 3.05) is 5.32 Å². The molecule has 1 N–H and O–H groups in total. The summed E-state index contributed by atoms with van der Waals surface area (Å²) in [5, 5.41) is 6.94. The standard InChI is InChI=1S/C16H16N4O2/c1-11(2)22-13-5-3-12(4-6-13)19-16(21)14-7-9-17-15-8-10-18-20(14)15/h3-11H,1-2H3,(H,19,21). The molecular formula is C16H16N4O2. The van der Waals surface area contributed by atoms with E-state index in [1.807, 2.05) is 26.0 Å². The Balaban J connectivity index is 1.78. The van der Waals surface area contributed by atoms with Gasteiger partial charge < -0.3 is 10.1 Å². The number of ether oxygens (including phenoxy) is 1. The van der Waals surface area contributed by atoms with Crippen LogP contribution in [0.4, 0.5) is 5.69 Å². The summed E-state index contributed by atoms with van der Waals surface area (Å²) in [7, 11) is 0. The lowest BCUT2D eigenvalue weighted by Crippen LogP contribution is -2.16. The molecule has 22 heavy (non-hydrogen) atoms. The van der Waals surface area contributed by atoms with E-state index < -0.39 is 0 Å². The Kier molecular flexibility index (Phi) is 3.74. The van der Waals surface area contributed by atoms with E-state index in [0.29, 0.717) is 17.0 Å². The Hall–Kier alpha value is -2.89. The van der Waals surface area contributed by atoms with Gasteiger partial charge in [0.05, 0.1) is 12.3 Å². The van der Waals surface area contributed by atoms with Crippen molar-refractivity contribution in [2.45, 2.75) is 20.0 Å². The molecule has 0 fully saturated rings. The number of anilines is 1. The summed E-state index contributed by atoms with van der Waals surface area (Å²) in [6.07, 6.45) is 3.31. The lowest BCUT2D eigenvalue weighted by Gasteiger charge is -2.11. The smallest absolute Gasteiger partial charge is 0.274 e. The third-order valence-electron chi connectivity index (χ3n) is 3.01. The maximum absolute atomic E-state index is 12.4. The van der Waals surface area contributed by atoms with Crippen LogP contribution in [0.25, 0.3) is 5.65 Å². The zero-order valence-electron chi connectivity index (χ0n) is 12.4. The number of carbonyl (C=O) groups excluding carboxylic acids is 1. The molecule has 0 aliphatic carbocycles. The highest BCUT2D eigenvalue weighted by molar-refractivity contribution is 6.03. The highest BCUT2D eigenvalue weighted by Crippen LogP contribution is 2.17. The fourth-order valence-electron chi connectivity index (χ4n) is 2.09. The Morgan fingerprint density at radius 2 is 1.91 bits per heavy atom. The average molecular weight is 296 g/mol. The minimum Gasteiger partial charge on any atom is -0.491 e. The third-order valence-corrected chi connectivity index (χ3v) is 3.01. The zero-order chi connectivity index (χ0) is 15.5. The molecule has 0 bridgehead atoms. The minimum absolute atomic E-state index is 0.116. The van der Waals surface area contributed by atoms with Crippen LogP contribution >= 0.6 is 0 Å². The van der Waals surface area contributed by atoms with E-state index in [9.17, 15) is 4.79 Å². The first-order valence-corrected chi connectivity index (χ1v) is 7.00. The number of amides is 1. The molecule has 0 saturated heterocycles. The number of hydrogen-bond acceptors (Lipinski definition) is 4. The second-order valence-electron chi connectivity index (χ2n) is 5.08. The van der Waals surface area contributed by atoms with Crippen molar-refractivity contribution in [2.24, 2.45) is 0 Å². The molecule has 2 heterocycles. The SMILES string of the molecule is CC(C)Oc1ccc(NC(=O)c2ccnc3ccnn23)cc1. The summed E-state index contributed by atoms with van der Waals surface area (Å²) in [6, 6.07) is 10.6. The molecule has 1 aromatic carbocycles. The van der Waals surface area contributed by atoms with Crippen LogP contribution in [-0.4, -0.2) is 26.6 Å². The van der Waals surface area contributed by atoms with Gasteiger partial charge in [-0.2, -0.15) is 5.10 Å². The molecule has 0 unspecified atom stereocenters. The summed E-state index contributed by atoms with van der Waals surface area (Å²) in [5.41, 5.74) is 1.75. The molecule has 2 aromatic heterocycles. The molecule has 0 spiro atoms. The summed E-state index contributed by atoms with van der Waals surface area (Å²) in [6.45, 7) is 3.93. The van der Waals surface area contributed by atoms with Gasteiger partial charge in [0.2, 0.25) is 0 Å². The van der Waals surface area contributed by atoms with Crippen LogP contribution in [0.1, 0.15) is 24.3 Å². The van der Waals surface area contributed by atoms with Gasteiger partial charge in [-0.1, -0.05) is 0 Å². The fraction of sp³-hybridized carbons (Fsp3) is 0.188. The first-order chi connectivity index (χ1) is 10.6. The molecule has 3 rings (SSSR count). The fourth-order valence-corrected chi connectivity index (χ4v) is 2.09. The van der Waals surface area contributed by atoms with Crippen LogP contribution in [-0.2, 0) is 0 Å². The van der Waals surface area contributed by atoms with Crippen molar-refractivity contribution in [3.63, 3.8) is 0 Å². The van der Waals surface area contributed by atoms with E-state index in [1.165, 1.54) is 4.52 Å². The first kappa shape index (κ1) is 14.1. The molecule has 0 radical (unpaired) electrons. The van der Waals surface area contributed by atoms with Crippen molar-refractivity contribution >= 4 is 17.2 Å². The molecule has 3 aromatic rings. The van der Waals surface area contributed by atoms with E-state index >= 15 is 0 Å². The number of benzene rings is 1. The lowest BCUT2D eigenvalue weighted by atomic mass is 10.3. The predicted molar refractivity (Wildman–Crippen MR) is 83.1 cm³/mol. The van der Waals surface area contributed by atoms with Gasteiger partial charge in [-0.25, -0.2) is 9.50 Å². The van der Waals surface area contributed by atoms with E-state index in [-0.39, 0.29) is 12.0 Å². The van der Waals surface area contributed by atoms with Gasteiger partial charge in [0.1, 0.15) is 11.4 Å². The van der Waals surface area contributed by atoms with Crippen LogP contribution < -0.4 is 10.1 Å². The Morgan fingerprint density at radius 1 is 1.14 bits per heavy atom. The second kappa shape index (κ2) is 5.85. The first-order valence-electron chi connectivity index (χ1n) is 7.00. The van der Waals surface area contributed by atoms with E-state index in [0.717, 1.165) is 5.75 Å². The number of nitrogens with zero attached hydrogens (tertiary/aromatic N) is 3. The minimum atomic E-state index is -0.242. The number of carbonyl (C=O) groups is 1. The van der Waals surface area contributed by atoms with Gasteiger partial charge in [-0.05, 0) is 44.2 Å². The molecule has 0 atom stereocenters. The van der Waals surface area contributed by atoms with Crippen molar-refractivity contribution in [1.29, 1.82) is 0 Å². The normalized spacial score (nSPS) is 10.9. The van der Waals surface area contributed by atoms with Crippen LogP contribution in [0.2, 0.25) is 0 Å². The van der Waals surface area contributed by atoms with Crippen molar-refractivity contribution in [3.8, 4) is 5.75 Å². The molecule has 0 saturated carbocycles. The monoisotopic (exact) mass is 296 g/mol. The molecule has 6 nitrogen and oxygen atoms in total. The molecule has 0 aliphatic rings. The molecular weight excluding hydrogens is 280 g/mol. The average Bonchev–Trinajstić information content (AvgIpc) is 2.97. The second-order valence-corrected chi connectivity index (χ2v) is 5.08. The van der Waals surface area contributed by atoms with Crippen LogP contribution in [0, 0.1) is 0 Å². The van der Waals surface area contributed by atoms with E-state index in [2.05, 4.69) is 15.4 Å². The van der Waals surface area contributed by atoms with E-state index in [4.69, 9.17) is 4.74 Å². The maximum atomic E-state index is 12.4. The Morgan fingerprint density at radius 3 is 2.64 bits per heavy atom. The Labute approximate surface area is 127 Å². The summed E-state index contributed by atoms with van der Waals surface area (Å²) in [5.74, 6) is 0.528. The quantitative estimate of drug-likeness (QED) is 0.803. The molecule has 6 heteroatoms. The number of hydrogen-bond donors (Lipinski definition) is 1. The molecule has 1 amide bonds. The maximum Gasteiger partial charge on any atom is 0.274 e. The zero-order valence-corrected chi connectivity index (χ0v) is 12.4.